The first kappa shape index (κ1) is 13.4. The minimum Gasteiger partial charge on any atom is -0.166 e. The van der Waals surface area contributed by atoms with E-state index < -0.39 is 23.1 Å². The average Bonchev–Trinajstić information content (AvgIpc) is 1.76. The van der Waals surface area contributed by atoms with Crippen LogP contribution in [-0.4, -0.2) is 21.1 Å². The van der Waals surface area contributed by atoms with E-state index in [1.807, 2.05) is 0 Å². The summed E-state index contributed by atoms with van der Waals surface area (Å²) in [5.41, 5.74) is 0. The normalized spacial score (nSPS) is 14.4. The molecule has 0 fully saturated rings. The number of alkyl halides is 6. The monoisotopic (exact) mass is 250 g/mol. The zero-order chi connectivity index (χ0) is 11.6. The van der Waals surface area contributed by atoms with Crippen LogP contribution < -0.4 is 0 Å². The molecule has 86 valence electrons. The maximum Gasteiger partial charge on any atom is 0.550 e. The van der Waals surface area contributed by atoms with Crippen LogP contribution in [0.4, 0.5) is 26.3 Å². The third-order valence-corrected chi connectivity index (χ3v) is 1.04. The largest absolute Gasteiger partial charge is 0.550 e. The second-order valence-corrected chi connectivity index (χ2v) is 2.65. The van der Waals surface area contributed by atoms with E-state index in [0.717, 1.165) is 0 Å². The molecular formula is C2F6O5S. The molecule has 0 aliphatic carbocycles. The molecule has 0 aliphatic rings. The highest BCUT2D eigenvalue weighted by Crippen LogP contribution is 2.23. The Hall–Kier alpha value is -0.590. The molecule has 14 heavy (non-hydrogen) atoms. The van der Waals surface area contributed by atoms with E-state index in [1.54, 1.807) is 0 Å². The third kappa shape index (κ3) is 8.03. The van der Waals surface area contributed by atoms with Crippen molar-refractivity contribution in [1.29, 1.82) is 0 Å². The summed E-state index contributed by atoms with van der Waals surface area (Å²) in [5, 5.41) is 0. The summed E-state index contributed by atoms with van der Waals surface area (Å²) in [7, 11) is -5.94. The molecule has 0 saturated carbocycles. The van der Waals surface area contributed by atoms with Crippen molar-refractivity contribution >= 4 is 10.4 Å². The van der Waals surface area contributed by atoms with Gasteiger partial charge in [0.15, 0.2) is 0 Å². The zero-order valence-electron chi connectivity index (χ0n) is 5.72. The van der Waals surface area contributed by atoms with Crippen LogP contribution in [0.5, 0.6) is 0 Å². The predicted octanol–water partition coefficient (Wildman–Crippen LogP) is 1.24. The smallest absolute Gasteiger partial charge is 0.166 e. The molecule has 0 spiro atoms. The van der Waals surface area contributed by atoms with Gasteiger partial charge in [0.25, 0.3) is 0 Å². The molecule has 0 unspecified atom stereocenters. The van der Waals surface area contributed by atoms with Crippen molar-refractivity contribution in [3.63, 3.8) is 0 Å². The molecule has 0 aromatic heterocycles. The second-order valence-electron chi connectivity index (χ2n) is 1.53. The lowest BCUT2D eigenvalue weighted by atomic mass is 11.4. The number of rotatable bonds is 3. The molecule has 12 heteroatoms. The Bertz CT molecular complexity index is 274. The molecule has 0 aromatic carbocycles. The van der Waals surface area contributed by atoms with E-state index >= 15 is 0 Å². The van der Waals surface area contributed by atoms with Crippen LogP contribution in [0.25, 0.3) is 0 Å². The average molecular weight is 250 g/mol. The van der Waals surface area contributed by atoms with Gasteiger partial charge in [-0.25, -0.2) is 0 Å². The SMILES string of the molecule is O=S(=O)(OOC(F)(F)F)OC(F)(F)F. The summed E-state index contributed by atoms with van der Waals surface area (Å²) in [6.07, 6.45) is -11.3. The van der Waals surface area contributed by atoms with Gasteiger partial charge in [-0.2, -0.15) is 8.42 Å². The Labute approximate surface area is 72.4 Å². The molecule has 0 bridgehead atoms. The van der Waals surface area contributed by atoms with Crippen LogP contribution in [0.3, 0.4) is 0 Å². The summed E-state index contributed by atoms with van der Waals surface area (Å²) in [4.78, 5) is 2.13. The fourth-order valence-electron chi connectivity index (χ4n) is 0.210. The van der Waals surface area contributed by atoms with Gasteiger partial charge in [-0.15, -0.1) is 35.4 Å². The highest BCUT2D eigenvalue weighted by atomic mass is 32.3. The fourth-order valence-corrected chi connectivity index (χ4v) is 0.630. The quantitative estimate of drug-likeness (QED) is 0.428. The maximum atomic E-state index is 11.2. The van der Waals surface area contributed by atoms with Gasteiger partial charge < -0.3 is 0 Å². The van der Waals surface area contributed by atoms with Gasteiger partial charge >= 0.3 is 23.1 Å². The highest BCUT2D eigenvalue weighted by Gasteiger charge is 2.41. The van der Waals surface area contributed by atoms with E-state index in [2.05, 4.69) is 13.4 Å². The van der Waals surface area contributed by atoms with E-state index in [9.17, 15) is 34.8 Å². The van der Waals surface area contributed by atoms with Crippen LogP contribution in [0.2, 0.25) is 0 Å². The van der Waals surface area contributed by atoms with Crippen LogP contribution in [0, 0.1) is 0 Å². The van der Waals surface area contributed by atoms with Crippen molar-refractivity contribution in [1.82, 2.24) is 0 Å². The maximum absolute atomic E-state index is 11.2. The zero-order valence-corrected chi connectivity index (χ0v) is 6.53. The standard InChI is InChI=1S/C2F6O5S/c3-1(4,5)11-13-14(9,10)12-2(6,7)8. The van der Waals surface area contributed by atoms with Gasteiger partial charge in [0.05, 0.1) is 0 Å². The minimum atomic E-state index is -5.94. The fraction of sp³-hybridized carbons (Fsp3) is 1.00. The summed E-state index contributed by atoms with van der Waals surface area (Å²) in [6.45, 7) is 0. The van der Waals surface area contributed by atoms with Crippen molar-refractivity contribution < 1.29 is 48.2 Å². The summed E-state index contributed by atoms with van der Waals surface area (Å²) in [5.74, 6) is 0. The first-order valence-electron chi connectivity index (χ1n) is 2.38. The van der Waals surface area contributed by atoms with E-state index in [-0.39, 0.29) is 0 Å². The molecule has 0 aromatic rings. The Kier molecular flexibility index (Phi) is 3.71. The van der Waals surface area contributed by atoms with E-state index in [0.29, 0.717) is 0 Å². The first-order chi connectivity index (χ1) is 5.91. The van der Waals surface area contributed by atoms with Crippen molar-refractivity contribution in [3.8, 4) is 0 Å². The molecule has 5 nitrogen and oxygen atoms in total. The van der Waals surface area contributed by atoms with Gasteiger partial charge in [-0.1, -0.05) is 4.33 Å². The van der Waals surface area contributed by atoms with Crippen molar-refractivity contribution in [2.45, 2.75) is 12.7 Å². The van der Waals surface area contributed by atoms with Crippen LogP contribution >= 0.6 is 0 Å². The number of hydrogen-bond donors (Lipinski definition) is 0. The highest BCUT2D eigenvalue weighted by molar-refractivity contribution is 7.81. The summed E-state index contributed by atoms with van der Waals surface area (Å²) < 4.78 is 91.0. The topological polar surface area (TPSA) is 61.8 Å². The van der Waals surface area contributed by atoms with Crippen LogP contribution in [-0.2, 0) is 23.8 Å². The summed E-state index contributed by atoms with van der Waals surface area (Å²) in [6, 6.07) is 0. The predicted molar refractivity (Wildman–Crippen MR) is 24.3 cm³/mol. The lowest BCUT2D eigenvalue weighted by Gasteiger charge is -2.07. The summed E-state index contributed by atoms with van der Waals surface area (Å²) >= 11 is 0. The van der Waals surface area contributed by atoms with E-state index in [1.165, 1.54) is 0 Å². The Morgan fingerprint density at radius 2 is 1.29 bits per heavy atom. The van der Waals surface area contributed by atoms with Crippen LogP contribution in [0.15, 0.2) is 0 Å². The van der Waals surface area contributed by atoms with Gasteiger partial charge in [0.1, 0.15) is 0 Å². The van der Waals surface area contributed by atoms with Crippen molar-refractivity contribution in [2.75, 3.05) is 0 Å². The molecule has 0 aliphatic heterocycles. The number of halogens is 6. The number of hydrogen-bond acceptors (Lipinski definition) is 5. The van der Waals surface area contributed by atoms with Gasteiger partial charge in [-0.3, -0.25) is 0 Å². The Balaban J connectivity index is 4.25. The molecule has 0 atom stereocenters. The van der Waals surface area contributed by atoms with Gasteiger partial charge in [0.2, 0.25) is 0 Å². The van der Waals surface area contributed by atoms with Gasteiger partial charge in [-0.05, 0) is 0 Å². The van der Waals surface area contributed by atoms with E-state index in [4.69, 9.17) is 0 Å². The third-order valence-electron chi connectivity index (χ3n) is 0.408. The molecule has 0 radical (unpaired) electrons. The van der Waals surface area contributed by atoms with Crippen molar-refractivity contribution in [2.24, 2.45) is 0 Å². The van der Waals surface area contributed by atoms with Crippen LogP contribution in [0.1, 0.15) is 0 Å². The minimum absolute atomic E-state index is 2.13. The second kappa shape index (κ2) is 3.88. The van der Waals surface area contributed by atoms with Crippen molar-refractivity contribution in [3.05, 3.63) is 0 Å². The lowest BCUT2D eigenvalue weighted by Crippen LogP contribution is -2.24. The Morgan fingerprint density at radius 3 is 1.57 bits per heavy atom. The molecule has 0 rings (SSSR count). The molecule has 0 amide bonds. The molecule has 0 N–H and O–H groups in total. The van der Waals surface area contributed by atoms with Gasteiger partial charge in [0, 0.05) is 0 Å². The molecule has 0 saturated heterocycles. The lowest BCUT2D eigenvalue weighted by molar-refractivity contribution is -0.448. The first-order valence-corrected chi connectivity index (χ1v) is 3.71. The molecule has 0 heterocycles. The Morgan fingerprint density at radius 1 is 0.857 bits per heavy atom. The molecular weight excluding hydrogens is 250 g/mol.